The van der Waals surface area contributed by atoms with Gasteiger partial charge in [0.15, 0.2) is 0 Å². The first-order valence-corrected chi connectivity index (χ1v) is 6.19. The molecular weight excluding hydrogens is 250 g/mol. The molecule has 0 amide bonds. The molecular formula is C16H17N3O. The number of pyridine rings is 1. The Morgan fingerprint density at radius 3 is 2.70 bits per heavy atom. The van der Waals surface area contributed by atoms with E-state index in [1.165, 1.54) is 0 Å². The topological polar surface area (TPSA) is 37.4 Å². The third-order valence-electron chi connectivity index (χ3n) is 2.97. The Labute approximate surface area is 119 Å². The quantitative estimate of drug-likeness (QED) is 0.683. The summed E-state index contributed by atoms with van der Waals surface area (Å²) in [5, 5.41) is 2.91. The maximum Gasteiger partial charge on any atom is 0.122 e. The van der Waals surface area contributed by atoms with E-state index in [2.05, 4.69) is 16.3 Å². The van der Waals surface area contributed by atoms with E-state index in [9.17, 15) is 0 Å². The number of rotatable bonds is 4. The van der Waals surface area contributed by atoms with Gasteiger partial charge in [0.1, 0.15) is 5.75 Å². The predicted molar refractivity (Wildman–Crippen MR) is 83.0 cm³/mol. The highest BCUT2D eigenvalue weighted by atomic mass is 16.5. The minimum atomic E-state index is 0.761. The van der Waals surface area contributed by atoms with E-state index in [1.54, 1.807) is 13.3 Å². The molecule has 0 saturated carbocycles. The number of aromatic nitrogens is 1. The van der Waals surface area contributed by atoms with Gasteiger partial charge in [-0.1, -0.05) is 6.42 Å². The lowest BCUT2D eigenvalue weighted by Crippen LogP contribution is -2.09. The van der Waals surface area contributed by atoms with Crippen LogP contribution in [0.5, 0.6) is 5.75 Å². The predicted octanol–water partition coefficient (Wildman–Crippen LogP) is 2.83. The van der Waals surface area contributed by atoms with Crippen LogP contribution in [0, 0.1) is 12.5 Å². The van der Waals surface area contributed by atoms with Crippen LogP contribution >= 0.6 is 0 Å². The van der Waals surface area contributed by atoms with Crippen LogP contribution < -0.4 is 15.0 Å². The molecule has 0 aliphatic carbocycles. The SMILES string of the molecule is C#CNc1ccc(N(C)C)cc1-c1cc(OC)ccn1. The lowest BCUT2D eigenvalue weighted by Gasteiger charge is -2.16. The number of nitrogens with zero attached hydrogens (tertiary/aromatic N) is 2. The third kappa shape index (κ3) is 2.83. The maximum atomic E-state index is 5.34. The Hall–Kier alpha value is -2.67. The Kier molecular flexibility index (Phi) is 4.11. The molecule has 0 fully saturated rings. The smallest absolute Gasteiger partial charge is 0.122 e. The van der Waals surface area contributed by atoms with Crippen molar-refractivity contribution in [3.63, 3.8) is 0 Å². The molecule has 20 heavy (non-hydrogen) atoms. The number of benzene rings is 1. The summed E-state index contributed by atoms with van der Waals surface area (Å²) in [4.78, 5) is 6.42. The average molecular weight is 267 g/mol. The van der Waals surface area contributed by atoms with Gasteiger partial charge < -0.3 is 15.0 Å². The fourth-order valence-electron chi connectivity index (χ4n) is 1.89. The third-order valence-corrected chi connectivity index (χ3v) is 2.97. The van der Waals surface area contributed by atoms with Crippen LogP contribution in [0.2, 0.25) is 0 Å². The Morgan fingerprint density at radius 1 is 1.25 bits per heavy atom. The minimum absolute atomic E-state index is 0.761. The molecule has 2 aromatic rings. The van der Waals surface area contributed by atoms with Gasteiger partial charge in [-0.05, 0) is 24.3 Å². The second kappa shape index (κ2) is 5.98. The zero-order valence-corrected chi connectivity index (χ0v) is 11.8. The Morgan fingerprint density at radius 2 is 2.05 bits per heavy atom. The van der Waals surface area contributed by atoms with E-state index in [0.717, 1.165) is 28.4 Å². The van der Waals surface area contributed by atoms with Gasteiger partial charge in [-0.2, -0.15) is 0 Å². The van der Waals surface area contributed by atoms with E-state index in [0.29, 0.717) is 0 Å². The average Bonchev–Trinajstić information content (AvgIpc) is 2.48. The molecule has 0 bridgehead atoms. The van der Waals surface area contributed by atoms with Crippen LogP contribution in [0.3, 0.4) is 0 Å². The van der Waals surface area contributed by atoms with Gasteiger partial charge in [-0.25, -0.2) is 0 Å². The number of hydrogen-bond donors (Lipinski definition) is 1. The number of methoxy groups -OCH3 is 1. The first-order valence-electron chi connectivity index (χ1n) is 6.19. The van der Waals surface area contributed by atoms with Crippen LogP contribution in [0.25, 0.3) is 11.3 Å². The molecule has 1 aromatic heterocycles. The first-order chi connectivity index (χ1) is 9.65. The Bertz CT molecular complexity index is 644. The standard InChI is InChI=1S/C16H17N3O/c1-5-17-15-7-6-12(19(2)3)10-14(15)16-11-13(20-4)8-9-18-16/h1,6-11,17H,2-4H3. The molecule has 0 aliphatic heterocycles. The molecule has 0 unspecified atom stereocenters. The van der Waals surface area contributed by atoms with E-state index < -0.39 is 0 Å². The molecule has 4 nitrogen and oxygen atoms in total. The van der Waals surface area contributed by atoms with E-state index in [-0.39, 0.29) is 0 Å². The van der Waals surface area contributed by atoms with Crippen molar-refractivity contribution in [3.05, 3.63) is 36.5 Å². The monoisotopic (exact) mass is 267 g/mol. The zero-order chi connectivity index (χ0) is 14.5. The number of anilines is 2. The van der Waals surface area contributed by atoms with E-state index in [4.69, 9.17) is 11.2 Å². The highest BCUT2D eigenvalue weighted by Crippen LogP contribution is 2.31. The van der Waals surface area contributed by atoms with Crippen molar-refractivity contribution in [1.82, 2.24) is 4.98 Å². The lowest BCUT2D eigenvalue weighted by atomic mass is 10.1. The number of hydrogen-bond acceptors (Lipinski definition) is 4. The van der Waals surface area contributed by atoms with Crippen LogP contribution in [-0.4, -0.2) is 26.2 Å². The molecule has 1 heterocycles. The summed E-state index contributed by atoms with van der Waals surface area (Å²) in [5.41, 5.74) is 3.67. The summed E-state index contributed by atoms with van der Waals surface area (Å²) in [6.45, 7) is 0. The van der Waals surface area contributed by atoms with Gasteiger partial charge in [0.2, 0.25) is 0 Å². The van der Waals surface area contributed by atoms with Gasteiger partial charge in [0, 0.05) is 43.7 Å². The minimum Gasteiger partial charge on any atom is -0.497 e. The molecule has 0 aliphatic rings. The van der Waals surface area contributed by atoms with Crippen LogP contribution in [0.1, 0.15) is 0 Å². The summed E-state index contributed by atoms with van der Waals surface area (Å²) in [6.07, 6.45) is 7.06. The lowest BCUT2D eigenvalue weighted by molar-refractivity contribution is 0.414. The van der Waals surface area contributed by atoms with Crippen molar-refractivity contribution in [3.8, 4) is 29.5 Å². The maximum absolute atomic E-state index is 5.34. The summed E-state index contributed by atoms with van der Waals surface area (Å²) < 4.78 is 5.24. The van der Waals surface area contributed by atoms with Crippen molar-refractivity contribution in [2.24, 2.45) is 0 Å². The zero-order valence-electron chi connectivity index (χ0n) is 11.8. The summed E-state index contributed by atoms with van der Waals surface area (Å²) in [5.74, 6) is 0.761. The second-order valence-corrected chi connectivity index (χ2v) is 4.47. The molecule has 0 spiro atoms. The highest BCUT2D eigenvalue weighted by molar-refractivity contribution is 5.80. The van der Waals surface area contributed by atoms with Crippen molar-refractivity contribution in [1.29, 1.82) is 0 Å². The summed E-state index contributed by atoms with van der Waals surface area (Å²) >= 11 is 0. The van der Waals surface area contributed by atoms with Crippen molar-refractivity contribution >= 4 is 11.4 Å². The van der Waals surface area contributed by atoms with E-state index >= 15 is 0 Å². The van der Waals surface area contributed by atoms with Gasteiger partial charge in [-0.15, -0.1) is 0 Å². The fourth-order valence-corrected chi connectivity index (χ4v) is 1.89. The number of ether oxygens (including phenoxy) is 1. The number of nitrogens with one attached hydrogen (secondary N) is 1. The largest absolute Gasteiger partial charge is 0.497 e. The Balaban J connectivity index is 2.56. The molecule has 2 rings (SSSR count). The fraction of sp³-hybridized carbons (Fsp3) is 0.188. The molecule has 102 valence electrons. The van der Waals surface area contributed by atoms with Crippen LogP contribution in [-0.2, 0) is 0 Å². The van der Waals surface area contributed by atoms with Gasteiger partial charge in [0.05, 0.1) is 18.5 Å². The van der Waals surface area contributed by atoms with Gasteiger partial charge in [0.25, 0.3) is 0 Å². The van der Waals surface area contributed by atoms with Gasteiger partial charge in [-0.3, -0.25) is 4.98 Å². The second-order valence-electron chi connectivity index (χ2n) is 4.47. The van der Waals surface area contributed by atoms with Gasteiger partial charge >= 0.3 is 0 Å². The van der Waals surface area contributed by atoms with Crippen molar-refractivity contribution < 1.29 is 4.74 Å². The summed E-state index contributed by atoms with van der Waals surface area (Å²) in [6, 6.07) is 12.1. The molecule has 0 radical (unpaired) electrons. The molecule has 0 saturated heterocycles. The first kappa shape index (κ1) is 13.8. The molecule has 0 atom stereocenters. The number of terminal acetylenes is 1. The molecule has 1 aromatic carbocycles. The van der Waals surface area contributed by atoms with Crippen LogP contribution in [0.15, 0.2) is 36.5 Å². The normalized spacial score (nSPS) is 9.70. The molecule has 1 N–H and O–H groups in total. The van der Waals surface area contributed by atoms with Crippen molar-refractivity contribution in [2.45, 2.75) is 0 Å². The highest BCUT2D eigenvalue weighted by Gasteiger charge is 2.09. The summed E-state index contributed by atoms with van der Waals surface area (Å²) in [7, 11) is 5.62. The van der Waals surface area contributed by atoms with E-state index in [1.807, 2.05) is 49.3 Å². The van der Waals surface area contributed by atoms with Crippen molar-refractivity contribution in [2.75, 3.05) is 31.4 Å². The van der Waals surface area contributed by atoms with Crippen LogP contribution in [0.4, 0.5) is 11.4 Å². The molecule has 4 heteroatoms.